The molecule has 1 heterocycles. The van der Waals surface area contributed by atoms with Crippen LogP contribution >= 0.6 is 11.6 Å². The number of hydrogen-bond acceptors (Lipinski definition) is 3. The summed E-state index contributed by atoms with van der Waals surface area (Å²) in [6.07, 6.45) is 6.22. The van der Waals surface area contributed by atoms with E-state index in [2.05, 4.69) is 5.32 Å². The van der Waals surface area contributed by atoms with Gasteiger partial charge in [0.25, 0.3) is 5.56 Å². The van der Waals surface area contributed by atoms with Crippen molar-refractivity contribution >= 4 is 34.2 Å². The average Bonchev–Trinajstić information content (AvgIpc) is 2.66. The molecule has 0 bridgehead atoms. The van der Waals surface area contributed by atoms with Crippen LogP contribution in [0.5, 0.6) is 0 Å². The number of hydrogen-bond donors (Lipinski definition) is 1. The molecule has 140 valence electrons. The van der Waals surface area contributed by atoms with E-state index < -0.39 is 6.04 Å². The third-order valence-electron chi connectivity index (χ3n) is 4.51. The van der Waals surface area contributed by atoms with Gasteiger partial charge in [-0.25, -0.2) is 4.79 Å². The van der Waals surface area contributed by atoms with E-state index in [0.717, 1.165) is 10.9 Å². The second-order valence-electron chi connectivity index (χ2n) is 6.34. The third-order valence-corrected chi connectivity index (χ3v) is 4.82. The van der Waals surface area contributed by atoms with Gasteiger partial charge >= 0.3 is 6.03 Å². The fraction of sp³-hybridized carbons (Fsp3) is 0.250. The molecular formula is C20H20ClN3O3. The highest BCUT2D eigenvalue weighted by Crippen LogP contribution is 2.18. The molecule has 27 heavy (non-hydrogen) atoms. The number of nitrogens with zero attached hydrogens (tertiary/aromatic N) is 2. The molecule has 0 unspecified atom stereocenters. The molecule has 0 spiro atoms. The first-order valence-corrected chi connectivity index (χ1v) is 9.01. The second kappa shape index (κ2) is 7.80. The standard InChI is InChI=1S/C20H20ClN3O3/c1-3-24(20(27)22-14-8-9-18(25)17(21)10-14)12-13-11-23(2)19(26)16-7-5-4-6-15(13)16/h4-11,14H,3,12H2,1-2H3,(H,22,27)/t14-/m1/s1. The Kier molecular flexibility index (Phi) is 5.46. The summed E-state index contributed by atoms with van der Waals surface area (Å²) < 4.78 is 1.53. The molecule has 0 aliphatic heterocycles. The van der Waals surface area contributed by atoms with E-state index >= 15 is 0 Å². The van der Waals surface area contributed by atoms with Crippen LogP contribution in [-0.2, 0) is 18.4 Å². The Bertz CT molecular complexity index is 1020. The van der Waals surface area contributed by atoms with Crippen LogP contribution in [0.3, 0.4) is 0 Å². The number of aryl methyl sites for hydroxylation is 1. The lowest BCUT2D eigenvalue weighted by atomic mass is 10.1. The molecule has 1 atom stereocenters. The molecule has 2 amide bonds. The summed E-state index contributed by atoms with van der Waals surface area (Å²) in [6.45, 7) is 2.71. The first-order chi connectivity index (χ1) is 12.9. The number of amides is 2. The maximum atomic E-state index is 12.7. The van der Waals surface area contributed by atoms with Crippen LogP contribution in [0.2, 0.25) is 0 Å². The zero-order valence-corrected chi connectivity index (χ0v) is 15.9. The van der Waals surface area contributed by atoms with Crippen molar-refractivity contribution in [3.05, 3.63) is 69.6 Å². The quantitative estimate of drug-likeness (QED) is 0.879. The van der Waals surface area contributed by atoms with Crippen molar-refractivity contribution in [2.45, 2.75) is 19.5 Å². The van der Waals surface area contributed by atoms with E-state index in [1.807, 2.05) is 25.1 Å². The first kappa shape index (κ1) is 18.9. The van der Waals surface area contributed by atoms with Gasteiger partial charge in [-0.05, 0) is 36.1 Å². The van der Waals surface area contributed by atoms with Gasteiger partial charge in [0.2, 0.25) is 0 Å². The number of carbonyl (C=O) groups excluding carboxylic acids is 2. The van der Waals surface area contributed by atoms with E-state index in [4.69, 9.17) is 11.6 Å². The maximum absolute atomic E-state index is 12.7. The molecular weight excluding hydrogens is 366 g/mol. The van der Waals surface area contributed by atoms with E-state index in [1.54, 1.807) is 30.3 Å². The highest BCUT2D eigenvalue weighted by Gasteiger charge is 2.19. The summed E-state index contributed by atoms with van der Waals surface area (Å²) in [5.41, 5.74) is 0.811. The van der Waals surface area contributed by atoms with Gasteiger partial charge in [-0.3, -0.25) is 9.59 Å². The zero-order valence-electron chi connectivity index (χ0n) is 15.1. The number of allylic oxidation sites excluding steroid dienone is 2. The molecule has 0 saturated carbocycles. The van der Waals surface area contributed by atoms with Crippen molar-refractivity contribution < 1.29 is 9.59 Å². The smallest absolute Gasteiger partial charge is 0.318 e. The summed E-state index contributed by atoms with van der Waals surface area (Å²) >= 11 is 5.85. The van der Waals surface area contributed by atoms with Crippen LogP contribution in [0.15, 0.2) is 58.5 Å². The number of aromatic nitrogens is 1. The molecule has 1 aliphatic rings. The summed E-state index contributed by atoms with van der Waals surface area (Å²) in [7, 11) is 1.70. The number of rotatable bonds is 4. The van der Waals surface area contributed by atoms with E-state index in [9.17, 15) is 14.4 Å². The number of carbonyl (C=O) groups is 2. The molecule has 1 aromatic heterocycles. The molecule has 1 N–H and O–H groups in total. The van der Waals surface area contributed by atoms with Gasteiger partial charge in [-0.1, -0.05) is 35.9 Å². The number of benzene rings is 1. The molecule has 3 rings (SSSR count). The molecule has 0 saturated heterocycles. The average molecular weight is 386 g/mol. The number of urea groups is 1. The molecule has 2 aromatic rings. The lowest BCUT2D eigenvalue weighted by molar-refractivity contribution is -0.110. The zero-order chi connectivity index (χ0) is 19.6. The van der Waals surface area contributed by atoms with Gasteiger partial charge in [0.05, 0.1) is 11.1 Å². The summed E-state index contributed by atoms with van der Waals surface area (Å²) in [6, 6.07) is 6.65. The fourth-order valence-electron chi connectivity index (χ4n) is 3.05. The van der Waals surface area contributed by atoms with Crippen LogP contribution in [0.1, 0.15) is 12.5 Å². The van der Waals surface area contributed by atoms with Crippen LogP contribution < -0.4 is 10.9 Å². The highest BCUT2D eigenvalue weighted by molar-refractivity contribution is 6.44. The topological polar surface area (TPSA) is 71.4 Å². The normalized spacial score (nSPS) is 16.3. The maximum Gasteiger partial charge on any atom is 0.318 e. The molecule has 1 aliphatic carbocycles. The minimum absolute atomic E-state index is 0.0707. The van der Waals surface area contributed by atoms with E-state index in [-0.39, 0.29) is 22.4 Å². The van der Waals surface area contributed by atoms with Crippen LogP contribution in [0.25, 0.3) is 10.8 Å². The van der Waals surface area contributed by atoms with Gasteiger partial charge < -0.3 is 14.8 Å². The van der Waals surface area contributed by atoms with Crippen molar-refractivity contribution in [3.63, 3.8) is 0 Å². The Morgan fingerprint density at radius 1 is 1.26 bits per heavy atom. The lowest BCUT2D eigenvalue weighted by Crippen LogP contribution is -2.44. The monoisotopic (exact) mass is 385 g/mol. The number of fused-ring (bicyclic) bond motifs is 1. The predicted octanol–water partition coefficient (Wildman–Crippen LogP) is 2.70. The number of nitrogens with one attached hydrogen (secondary N) is 1. The molecule has 0 radical (unpaired) electrons. The Morgan fingerprint density at radius 3 is 2.63 bits per heavy atom. The Labute approximate surface area is 161 Å². The fourth-order valence-corrected chi connectivity index (χ4v) is 3.25. The predicted molar refractivity (Wildman–Crippen MR) is 106 cm³/mol. The third kappa shape index (κ3) is 3.95. The Hall–Kier alpha value is -2.86. The number of halogens is 1. The number of pyridine rings is 1. The van der Waals surface area contributed by atoms with Gasteiger partial charge in [0, 0.05) is 31.7 Å². The second-order valence-corrected chi connectivity index (χ2v) is 6.75. The highest BCUT2D eigenvalue weighted by atomic mass is 35.5. The van der Waals surface area contributed by atoms with Crippen molar-refractivity contribution in [1.29, 1.82) is 0 Å². The van der Waals surface area contributed by atoms with Gasteiger partial charge in [-0.2, -0.15) is 0 Å². The van der Waals surface area contributed by atoms with Gasteiger partial charge in [0.15, 0.2) is 5.78 Å². The summed E-state index contributed by atoms with van der Waals surface area (Å²) in [4.78, 5) is 38.0. The summed E-state index contributed by atoms with van der Waals surface area (Å²) in [5, 5.41) is 4.38. The van der Waals surface area contributed by atoms with Crippen molar-refractivity contribution in [2.24, 2.45) is 7.05 Å². The molecule has 0 fully saturated rings. The lowest BCUT2D eigenvalue weighted by Gasteiger charge is -2.25. The Balaban J connectivity index is 1.83. The van der Waals surface area contributed by atoms with Gasteiger partial charge in [-0.15, -0.1) is 0 Å². The number of ketones is 1. The molecule has 7 heteroatoms. The minimum atomic E-state index is -0.436. The van der Waals surface area contributed by atoms with Crippen LogP contribution in [-0.4, -0.2) is 33.9 Å². The van der Waals surface area contributed by atoms with Crippen molar-refractivity contribution in [1.82, 2.24) is 14.8 Å². The van der Waals surface area contributed by atoms with Crippen molar-refractivity contribution in [3.8, 4) is 0 Å². The van der Waals surface area contributed by atoms with E-state index in [1.165, 1.54) is 16.7 Å². The Morgan fingerprint density at radius 2 is 1.96 bits per heavy atom. The minimum Gasteiger partial charge on any atom is -0.328 e. The SMILES string of the molecule is CCN(Cc1cn(C)c(=O)c2ccccc12)C(=O)N[C@@H]1C=CC(=O)C(Cl)=C1. The largest absolute Gasteiger partial charge is 0.328 e. The van der Waals surface area contributed by atoms with Crippen LogP contribution in [0.4, 0.5) is 4.79 Å². The van der Waals surface area contributed by atoms with Crippen LogP contribution in [0, 0.1) is 0 Å². The van der Waals surface area contributed by atoms with Gasteiger partial charge in [0.1, 0.15) is 0 Å². The van der Waals surface area contributed by atoms with E-state index in [0.29, 0.717) is 18.5 Å². The van der Waals surface area contributed by atoms with Crippen molar-refractivity contribution in [2.75, 3.05) is 6.54 Å². The summed E-state index contributed by atoms with van der Waals surface area (Å²) in [5.74, 6) is -0.272. The molecule has 6 nitrogen and oxygen atoms in total. The molecule has 1 aromatic carbocycles. The first-order valence-electron chi connectivity index (χ1n) is 8.63.